The number of aryl methyl sites for hydroxylation is 1. The largest absolute Gasteiger partial charge is 0.319 e. The van der Waals surface area contributed by atoms with E-state index in [1.807, 2.05) is 6.92 Å². The van der Waals surface area contributed by atoms with Crippen LogP contribution in [0.4, 0.5) is 0 Å². The first-order valence-electron chi connectivity index (χ1n) is 6.84. The molecule has 6 heteroatoms. The van der Waals surface area contributed by atoms with E-state index < -0.39 is 0 Å². The summed E-state index contributed by atoms with van der Waals surface area (Å²) < 4.78 is 2.07. The van der Waals surface area contributed by atoms with Gasteiger partial charge in [0.2, 0.25) is 11.8 Å². The van der Waals surface area contributed by atoms with E-state index in [4.69, 9.17) is 0 Å². The van der Waals surface area contributed by atoms with Crippen molar-refractivity contribution in [1.82, 2.24) is 20.2 Å². The number of hydrogen-bond donors (Lipinski definition) is 2. The third kappa shape index (κ3) is 2.06. The minimum atomic E-state index is -0.276. The molecule has 1 fully saturated rings. The van der Waals surface area contributed by atoms with Crippen LogP contribution in [0.15, 0.2) is 0 Å². The van der Waals surface area contributed by atoms with Gasteiger partial charge in [-0.1, -0.05) is 6.92 Å². The van der Waals surface area contributed by atoms with Crippen molar-refractivity contribution in [3.05, 3.63) is 17.2 Å². The van der Waals surface area contributed by atoms with Crippen LogP contribution in [0, 0.1) is 0 Å². The van der Waals surface area contributed by atoms with E-state index in [2.05, 4.69) is 20.2 Å². The number of piperidine rings is 1. The van der Waals surface area contributed by atoms with E-state index in [0.717, 1.165) is 43.1 Å². The highest BCUT2D eigenvalue weighted by atomic mass is 16.2. The average molecular weight is 262 g/mol. The van der Waals surface area contributed by atoms with Crippen molar-refractivity contribution >= 4 is 11.8 Å². The maximum Gasteiger partial charge on any atom is 0.249 e. The normalized spacial score (nSPS) is 23.1. The monoisotopic (exact) mass is 262 g/mol. The lowest BCUT2D eigenvalue weighted by Gasteiger charge is -2.26. The van der Waals surface area contributed by atoms with Gasteiger partial charge >= 0.3 is 0 Å². The number of fused-ring (bicyclic) bond motifs is 1. The van der Waals surface area contributed by atoms with Gasteiger partial charge < -0.3 is 9.88 Å². The summed E-state index contributed by atoms with van der Waals surface area (Å²) in [5.41, 5.74) is 2.21. The second-order valence-corrected chi connectivity index (χ2v) is 5.04. The fourth-order valence-electron chi connectivity index (χ4n) is 2.93. The molecule has 0 bridgehead atoms. The van der Waals surface area contributed by atoms with Crippen molar-refractivity contribution in [3.8, 4) is 0 Å². The van der Waals surface area contributed by atoms with E-state index in [-0.39, 0.29) is 17.9 Å². The van der Waals surface area contributed by atoms with Crippen LogP contribution in [-0.2, 0) is 29.0 Å². The van der Waals surface area contributed by atoms with Crippen LogP contribution >= 0.6 is 0 Å². The van der Waals surface area contributed by atoms with Crippen LogP contribution in [-0.4, -0.2) is 27.9 Å². The summed E-state index contributed by atoms with van der Waals surface area (Å²) in [6.07, 6.45) is 2.67. The molecule has 1 unspecified atom stereocenters. The molecule has 1 saturated heterocycles. The first-order chi connectivity index (χ1) is 9.20. The number of amides is 2. The highest BCUT2D eigenvalue weighted by Gasteiger charge is 2.32. The molecule has 3 rings (SSSR count). The molecule has 102 valence electrons. The number of imidazole rings is 1. The maximum atomic E-state index is 12.1. The van der Waals surface area contributed by atoms with Crippen LogP contribution in [0.25, 0.3) is 0 Å². The molecule has 2 aliphatic rings. The number of carbonyl (C=O) groups excluding carboxylic acids is 2. The predicted molar refractivity (Wildman–Crippen MR) is 68.4 cm³/mol. The Labute approximate surface area is 111 Å². The van der Waals surface area contributed by atoms with E-state index in [0.29, 0.717) is 12.8 Å². The molecule has 2 amide bonds. The summed E-state index contributed by atoms with van der Waals surface area (Å²) >= 11 is 0. The molecule has 19 heavy (non-hydrogen) atoms. The Bertz CT molecular complexity index is 535. The lowest BCUT2D eigenvalue weighted by molar-refractivity contribution is -0.135. The lowest BCUT2D eigenvalue weighted by Crippen LogP contribution is -2.42. The first kappa shape index (κ1) is 12.3. The average Bonchev–Trinajstić information content (AvgIpc) is 2.77. The van der Waals surface area contributed by atoms with Gasteiger partial charge in [-0.2, -0.15) is 0 Å². The Morgan fingerprint density at radius 1 is 1.37 bits per heavy atom. The summed E-state index contributed by atoms with van der Waals surface area (Å²) in [7, 11) is 0. The summed E-state index contributed by atoms with van der Waals surface area (Å²) in [6.45, 7) is 3.72. The fraction of sp³-hybridized carbons (Fsp3) is 0.615. The standard InChI is InChI=1S/C13H18N4O2/c1-2-11-15-8-7-14-6-5-9(8)17(11)10-3-4-12(18)16-13(10)19/h10,14H,2-7H2,1H3,(H,16,18,19). The Balaban J connectivity index is 2.01. The molecule has 0 spiro atoms. The van der Waals surface area contributed by atoms with Crippen LogP contribution < -0.4 is 10.6 Å². The summed E-state index contributed by atoms with van der Waals surface area (Å²) in [4.78, 5) is 28.0. The van der Waals surface area contributed by atoms with Gasteiger partial charge in [-0.05, 0) is 6.42 Å². The molecule has 1 aromatic rings. The smallest absolute Gasteiger partial charge is 0.249 e. The molecule has 3 heterocycles. The van der Waals surface area contributed by atoms with Crippen molar-refractivity contribution < 1.29 is 9.59 Å². The highest BCUT2D eigenvalue weighted by Crippen LogP contribution is 2.26. The predicted octanol–water partition coefficient (Wildman–Crippen LogP) is 0.0689. The van der Waals surface area contributed by atoms with Gasteiger partial charge in [0.25, 0.3) is 0 Å². The van der Waals surface area contributed by atoms with Crippen molar-refractivity contribution in [2.24, 2.45) is 0 Å². The topological polar surface area (TPSA) is 76.0 Å². The zero-order valence-electron chi connectivity index (χ0n) is 11.0. The molecule has 6 nitrogen and oxygen atoms in total. The molecule has 1 atom stereocenters. The number of nitrogens with one attached hydrogen (secondary N) is 2. The van der Waals surface area contributed by atoms with Gasteiger partial charge in [0.05, 0.1) is 5.69 Å². The molecule has 2 aliphatic heterocycles. The number of imide groups is 1. The Morgan fingerprint density at radius 3 is 2.95 bits per heavy atom. The number of hydrogen-bond acceptors (Lipinski definition) is 4. The Hall–Kier alpha value is -1.69. The third-order valence-electron chi connectivity index (χ3n) is 3.84. The van der Waals surface area contributed by atoms with Gasteiger partial charge in [0.15, 0.2) is 0 Å². The lowest BCUT2D eigenvalue weighted by atomic mass is 10.0. The van der Waals surface area contributed by atoms with E-state index >= 15 is 0 Å². The molecule has 2 N–H and O–H groups in total. The third-order valence-corrected chi connectivity index (χ3v) is 3.84. The number of nitrogens with zero attached hydrogens (tertiary/aromatic N) is 2. The van der Waals surface area contributed by atoms with Gasteiger partial charge in [-0.15, -0.1) is 0 Å². The van der Waals surface area contributed by atoms with Crippen molar-refractivity contribution in [1.29, 1.82) is 0 Å². The molecule has 0 aromatic carbocycles. The number of carbonyl (C=O) groups is 2. The quantitative estimate of drug-likeness (QED) is 0.739. The SMILES string of the molecule is CCc1nc2c(n1C1CCC(=O)NC1=O)CCNC2. The second-order valence-electron chi connectivity index (χ2n) is 5.04. The Morgan fingerprint density at radius 2 is 2.21 bits per heavy atom. The summed E-state index contributed by atoms with van der Waals surface area (Å²) in [5.74, 6) is 0.586. The summed E-state index contributed by atoms with van der Waals surface area (Å²) in [6, 6.07) is -0.276. The first-order valence-corrected chi connectivity index (χ1v) is 6.84. The fourth-order valence-corrected chi connectivity index (χ4v) is 2.93. The van der Waals surface area contributed by atoms with Crippen LogP contribution in [0.1, 0.15) is 43.0 Å². The van der Waals surface area contributed by atoms with Gasteiger partial charge in [0, 0.05) is 38.0 Å². The minimum absolute atomic E-state index is 0.171. The van der Waals surface area contributed by atoms with Crippen LogP contribution in [0.3, 0.4) is 0 Å². The van der Waals surface area contributed by atoms with Crippen molar-refractivity contribution in [2.75, 3.05) is 6.54 Å². The molecule has 0 radical (unpaired) electrons. The zero-order chi connectivity index (χ0) is 13.4. The molecular weight excluding hydrogens is 244 g/mol. The molecule has 0 aliphatic carbocycles. The number of aromatic nitrogens is 2. The molecule has 1 aromatic heterocycles. The zero-order valence-corrected chi connectivity index (χ0v) is 11.0. The highest BCUT2D eigenvalue weighted by molar-refractivity contribution is 5.99. The Kier molecular flexibility index (Phi) is 3.10. The van der Waals surface area contributed by atoms with Crippen LogP contribution in [0.5, 0.6) is 0 Å². The second kappa shape index (κ2) is 4.77. The van der Waals surface area contributed by atoms with E-state index in [9.17, 15) is 9.59 Å². The van der Waals surface area contributed by atoms with Gasteiger partial charge in [-0.25, -0.2) is 4.98 Å². The van der Waals surface area contributed by atoms with Crippen LogP contribution in [0.2, 0.25) is 0 Å². The molecular formula is C13H18N4O2. The maximum absolute atomic E-state index is 12.1. The van der Waals surface area contributed by atoms with Crippen molar-refractivity contribution in [3.63, 3.8) is 0 Å². The number of rotatable bonds is 2. The van der Waals surface area contributed by atoms with Gasteiger partial charge in [-0.3, -0.25) is 14.9 Å². The van der Waals surface area contributed by atoms with Crippen molar-refractivity contribution in [2.45, 2.75) is 45.2 Å². The van der Waals surface area contributed by atoms with Gasteiger partial charge in [0.1, 0.15) is 11.9 Å². The summed E-state index contributed by atoms with van der Waals surface area (Å²) in [5, 5.41) is 5.73. The van der Waals surface area contributed by atoms with E-state index in [1.54, 1.807) is 0 Å². The minimum Gasteiger partial charge on any atom is -0.319 e. The van der Waals surface area contributed by atoms with E-state index in [1.165, 1.54) is 0 Å². The molecule has 0 saturated carbocycles.